The molecule has 11 heteroatoms. The molecule has 0 amide bonds. The first-order chi connectivity index (χ1) is 18.7. The van der Waals surface area contributed by atoms with Gasteiger partial charge in [-0.05, 0) is 60.5 Å². The van der Waals surface area contributed by atoms with Crippen LogP contribution in [0.25, 0.3) is 10.9 Å². The summed E-state index contributed by atoms with van der Waals surface area (Å²) in [5, 5.41) is 15.2. The van der Waals surface area contributed by atoms with Crippen LogP contribution >= 0.6 is 0 Å². The summed E-state index contributed by atoms with van der Waals surface area (Å²) in [6, 6.07) is 18.4. The molecular formula is C28H32FN7O2S. The van der Waals surface area contributed by atoms with Crippen LogP contribution in [0.5, 0.6) is 0 Å². The van der Waals surface area contributed by atoms with E-state index in [4.69, 9.17) is 5.73 Å². The van der Waals surface area contributed by atoms with Gasteiger partial charge in [0, 0.05) is 41.7 Å². The fourth-order valence-corrected chi connectivity index (χ4v) is 5.21. The average Bonchev–Trinajstić information content (AvgIpc) is 3.29. The third kappa shape index (κ3) is 6.27. The lowest BCUT2D eigenvalue weighted by atomic mass is 9.89. The average molecular weight is 550 g/mol. The molecule has 1 unspecified atom stereocenters. The molecular weight excluding hydrogens is 517 g/mol. The number of sulfone groups is 1. The quantitative estimate of drug-likeness (QED) is 0.212. The summed E-state index contributed by atoms with van der Waals surface area (Å²) in [6.45, 7) is 2.39. The maximum absolute atomic E-state index is 13.6. The molecule has 1 atom stereocenters. The summed E-state index contributed by atoms with van der Waals surface area (Å²) in [6.07, 6.45) is 5.50. The van der Waals surface area contributed by atoms with Crippen LogP contribution in [0.1, 0.15) is 23.1 Å². The van der Waals surface area contributed by atoms with Gasteiger partial charge in [0.2, 0.25) is 0 Å². The van der Waals surface area contributed by atoms with Crippen LogP contribution in [0.15, 0.2) is 71.9 Å². The molecule has 1 aromatic heterocycles. The van der Waals surface area contributed by atoms with Crippen LogP contribution in [-0.4, -0.2) is 56.2 Å². The van der Waals surface area contributed by atoms with Crippen LogP contribution in [0.3, 0.4) is 0 Å². The SMILES string of the molecule is CS(=O)(=O)CCNCCCNc1ccc2c(c1)NC=NC2(N)c1ccc2c(cnn2Cc2cccc(F)c2)c1. The van der Waals surface area contributed by atoms with Gasteiger partial charge in [0.1, 0.15) is 15.7 Å². The number of aromatic nitrogens is 2. The van der Waals surface area contributed by atoms with E-state index >= 15 is 0 Å². The van der Waals surface area contributed by atoms with Gasteiger partial charge in [-0.15, -0.1) is 0 Å². The molecule has 1 aliphatic heterocycles. The minimum absolute atomic E-state index is 0.142. The minimum atomic E-state index is -2.94. The van der Waals surface area contributed by atoms with Gasteiger partial charge in [-0.1, -0.05) is 24.3 Å². The number of hydrogen-bond acceptors (Lipinski definition) is 8. The van der Waals surface area contributed by atoms with Crippen molar-refractivity contribution in [3.8, 4) is 0 Å². The molecule has 0 saturated heterocycles. The summed E-state index contributed by atoms with van der Waals surface area (Å²) in [4.78, 5) is 4.62. The van der Waals surface area contributed by atoms with Gasteiger partial charge in [-0.25, -0.2) is 17.8 Å². The number of rotatable bonds is 11. The molecule has 204 valence electrons. The van der Waals surface area contributed by atoms with E-state index in [0.29, 0.717) is 13.1 Å². The van der Waals surface area contributed by atoms with Crippen molar-refractivity contribution in [2.24, 2.45) is 10.7 Å². The summed E-state index contributed by atoms with van der Waals surface area (Å²) < 4.78 is 37.9. The van der Waals surface area contributed by atoms with Crippen LogP contribution in [0.4, 0.5) is 15.8 Å². The van der Waals surface area contributed by atoms with Crippen LogP contribution in [-0.2, 0) is 22.0 Å². The summed E-state index contributed by atoms with van der Waals surface area (Å²) in [7, 11) is -2.94. The third-order valence-electron chi connectivity index (χ3n) is 6.73. The van der Waals surface area contributed by atoms with E-state index in [1.54, 1.807) is 18.6 Å². The monoisotopic (exact) mass is 549 g/mol. The second kappa shape index (κ2) is 11.1. The number of fused-ring (bicyclic) bond motifs is 2. The first-order valence-electron chi connectivity index (χ1n) is 12.8. The zero-order chi connectivity index (χ0) is 27.5. The Morgan fingerprint density at radius 3 is 2.77 bits per heavy atom. The number of nitrogens with one attached hydrogen (secondary N) is 3. The lowest BCUT2D eigenvalue weighted by molar-refractivity contribution is 0.572. The zero-order valence-electron chi connectivity index (χ0n) is 21.7. The lowest BCUT2D eigenvalue weighted by Gasteiger charge is -2.32. The molecule has 1 aliphatic rings. The van der Waals surface area contributed by atoms with Crippen molar-refractivity contribution in [1.82, 2.24) is 15.1 Å². The molecule has 5 N–H and O–H groups in total. The van der Waals surface area contributed by atoms with Crippen molar-refractivity contribution in [2.45, 2.75) is 18.6 Å². The Morgan fingerprint density at radius 1 is 1.08 bits per heavy atom. The number of aliphatic imine (C=N–C) groups is 1. The van der Waals surface area contributed by atoms with Gasteiger partial charge in [0.15, 0.2) is 5.66 Å². The summed E-state index contributed by atoms with van der Waals surface area (Å²) in [5.74, 6) is -0.125. The van der Waals surface area contributed by atoms with Crippen LogP contribution in [0.2, 0.25) is 0 Å². The summed E-state index contributed by atoms with van der Waals surface area (Å²) in [5.41, 5.74) is 11.1. The molecule has 9 nitrogen and oxygen atoms in total. The van der Waals surface area contributed by atoms with Crippen molar-refractivity contribution in [1.29, 1.82) is 0 Å². The molecule has 5 rings (SSSR count). The second-order valence-electron chi connectivity index (χ2n) is 9.80. The standard InChI is InChI=1S/C28H32FN7O2S/c1-39(37,38)13-12-31-10-3-11-32-24-7-8-25-26(16-24)33-19-34-28(25,30)22-6-9-27-21(15-22)17-35-36(27)18-20-4-2-5-23(29)14-20/h2,4-9,14-17,19,31-32H,3,10-13,18,30H2,1H3,(H,33,34). The highest BCUT2D eigenvalue weighted by atomic mass is 32.2. The Kier molecular flexibility index (Phi) is 7.65. The third-order valence-corrected chi connectivity index (χ3v) is 7.68. The molecule has 3 aromatic carbocycles. The van der Waals surface area contributed by atoms with E-state index in [0.717, 1.165) is 58.5 Å². The highest BCUT2D eigenvalue weighted by molar-refractivity contribution is 7.90. The van der Waals surface area contributed by atoms with Crippen molar-refractivity contribution in [3.05, 3.63) is 89.4 Å². The second-order valence-corrected chi connectivity index (χ2v) is 12.1. The number of nitrogens with zero attached hydrogens (tertiary/aromatic N) is 3. The fraction of sp³-hybridized carbons (Fsp3) is 0.286. The first-order valence-corrected chi connectivity index (χ1v) is 14.8. The van der Waals surface area contributed by atoms with Crippen molar-refractivity contribution in [2.75, 3.05) is 42.3 Å². The summed E-state index contributed by atoms with van der Waals surface area (Å²) >= 11 is 0. The molecule has 0 bridgehead atoms. The maximum atomic E-state index is 13.6. The van der Waals surface area contributed by atoms with E-state index < -0.39 is 15.5 Å². The van der Waals surface area contributed by atoms with Gasteiger partial charge in [0.05, 0.1) is 30.3 Å². The number of anilines is 2. The number of nitrogens with two attached hydrogens (primary N) is 1. The Hall–Kier alpha value is -3.80. The molecule has 0 aliphatic carbocycles. The molecule has 0 spiro atoms. The molecule has 4 aromatic rings. The van der Waals surface area contributed by atoms with Gasteiger partial charge < -0.3 is 16.0 Å². The highest BCUT2D eigenvalue weighted by Gasteiger charge is 2.33. The normalized spacial score (nSPS) is 16.7. The van der Waals surface area contributed by atoms with E-state index in [-0.39, 0.29) is 11.6 Å². The van der Waals surface area contributed by atoms with E-state index in [2.05, 4.69) is 26.0 Å². The Labute approximate surface area is 227 Å². The van der Waals surface area contributed by atoms with Gasteiger partial charge in [-0.2, -0.15) is 5.10 Å². The van der Waals surface area contributed by atoms with Gasteiger partial charge in [-0.3, -0.25) is 10.4 Å². The van der Waals surface area contributed by atoms with Gasteiger partial charge in [0.25, 0.3) is 0 Å². The van der Waals surface area contributed by atoms with E-state index in [9.17, 15) is 12.8 Å². The van der Waals surface area contributed by atoms with E-state index in [1.165, 1.54) is 18.4 Å². The first kappa shape index (κ1) is 26.8. The number of halogens is 1. The molecule has 39 heavy (non-hydrogen) atoms. The van der Waals surface area contributed by atoms with E-state index in [1.807, 2.05) is 47.1 Å². The molecule has 0 radical (unpaired) electrons. The lowest BCUT2D eigenvalue weighted by Crippen LogP contribution is -2.39. The van der Waals surface area contributed by atoms with Crippen LogP contribution in [0, 0.1) is 5.82 Å². The molecule has 2 heterocycles. The molecule has 0 fully saturated rings. The van der Waals surface area contributed by atoms with Crippen LogP contribution < -0.4 is 21.7 Å². The van der Waals surface area contributed by atoms with Crippen molar-refractivity contribution in [3.63, 3.8) is 0 Å². The Morgan fingerprint density at radius 2 is 1.95 bits per heavy atom. The molecule has 0 saturated carbocycles. The zero-order valence-corrected chi connectivity index (χ0v) is 22.5. The predicted octanol–water partition coefficient (Wildman–Crippen LogP) is 3.27. The maximum Gasteiger partial charge on any atom is 0.163 e. The minimum Gasteiger partial charge on any atom is -0.385 e. The Bertz CT molecular complexity index is 1620. The number of hydrogen-bond donors (Lipinski definition) is 4. The highest BCUT2D eigenvalue weighted by Crippen LogP contribution is 2.38. The predicted molar refractivity (Wildman–Crippen MR) is 154 cm³/mol. The largest absolute Gasteiger partial charge is 0.385 e. The van der Waals surface area contributed by atoms with Crippen molar-refractivity contribution < 1.29 is 12.8 Å². The Balaban J connectivity index is 1.27. The van der Waals surface area contributed by atoms with Crippen molar-refractivity contribution >= 4 is 38.5 Å². The fourth-order valence-electron chi connectivity index (χ4n) is 4.70. The van der Waals surface area contributed by atoms with Gasteiger partial charge >= 0.3 is 0 Å². The topological polar surface area (TPSA) is 126 Å². The number of benzene rings is 3. The smallest absolute Gasteiger partial charge is 0.163 e.